The summed E-state index contributed by atoms with van der Waals surface area (Å²) in [4.78, 5) is 8.30. The second kappa shape index (κ2) is 5.78. The first-order valence-electron chi connectivity index (χ1n) is 5.78. The Morgan fingerprint density at radius 3 is 2.67 bits per heavy atom. The Morgan fingerprint density at radius 1 is 1.28 bits per heavy atom. The molecule has 0 aliphatic carbocycles. The van der Waals surface area contributed by atoms with Crippen LogP contribution in [0.3, 0.4) is 0 Å². The van der Waals surface area contributed by atoms with Crippen LogP contribution in [0.1, 0.15) is 24.2 Å². The maximum absolute atomic E-state index is 8.60. The van der Waals surface area contributed by atoms with E-state index in [-0.39, 0.29) is 6.04 Å². The van der Waals surface area contributed by atoms with Crippen LogP contribution in [0.4, 0.5) is 5.69 Å². The predicted octanol–water partition coefficient (Wildman–Crippen LogP) is 2.72. The molecule has 0 aliphatic heterocycles. The molecule has 1 atom stereocenters. The number of nitrogens with zero attached hydrogens (tertiary/aromatic N) is 3. The first kappa shape index (κ1) is 12.1. The molecule has 0 fully saturated rings. The fourth-order valence-electron chi connectivity index (χ4n) is 1.67. The van der Waals surface area contributed by atoms with Crippen LogP contribution in [-0.4, -0.2) is 9.97 Å². The zero-order valence-electron chi connectivity index (χ0n) is 10.2. The molecule has 4 nitrogen and oxygen atoms in total. The maximum Gasteiger partial charge on any atom is 0.0806 e. The van der Waals surface area contributed by atoms with E-state index in [1.54, 1.807) is 18.6 Å². The number of nitriles is 1. The van der Waals surface area contributed by atoms with Crippen molar-refractivity contribution in [2.24, 2.45) is 0 Å². The van der Waals surface area contributed by atoms with Crippen LogP contribution in [0, 0.1) is 11.3 Å². The van der Waals surface area contributed by atoms with Gasteiger partial charge in [-0.15, -0.1) is 0 Å². The summed E-state index contributed by atoms with van der Waals surface area (Å²) in [6.07, 6.45) is 5.54. The molecule has 2 rings (SSSR count). The lowest BCUT2D eigenvalue weighted by Crippen LogP contribution is -2.08. The van der Waals surface area contributed by atoms with Crippen molar-refractivity contribution >= 4 is 5.69 Å². The quantitative estimate of drug-likeness (QED) is 0.889. The molecule has 0 bridgehead atoms. The predicted molar refractivity (Wildman–Crippen MR) is 69.8 cm³/mol. The largest absolute Gasteiger partial charge is 0.377 e. The van der Waals surface area contributed by atoms with Crippen molar-refractivity contribution in [3.63, 3.8) is 0 Å². The average Bonchev–Trinajstić information content (AvgIpc) is 2.42. The molecule has 18 heavy (non-hydrogen) atoms. The minimum Gasteiger partial charge on any atom is -0.377 e. The van der Waals surface area contributed by atoms with Gasteiger partial charge in [0.25, 0.3) is 0 Å². The Balaban J connectivity index is 2.03. The van der Waals surface area contributed by atoms with Crippen LogP contribution in [0.25, 0.3) is 0 Å². The zero-order valence-corrected chi connectivity index (χ0v) is 10.2. The van der Waals surface area contributed by atoms with Crippen LogP contribution in [0.15, 0.2) is 42.9 Å². The molecule has 90 valence electrons. The van der Waals surface area contributed by atoms with E-state index in [1.807, 2.05) is 31.2 Å². The monoisotopic (exact) mass is 238 g/mol. The van der Waals surface area contributed by atoms with Gasteiger partial charge in [-0.1, -0.05) is 12.1 Å². The van der Waals surface area contributed by atoms with E-state index < -0.39 is 0 Å². The van der Waals surface area contributed by atoms with Crippen molar-refractivity contribution in [2.45, 2.75) is 19.4 Å². The van der Waals surface area contributed by atoms with Gasteiger partial charge in [0.15, 0.2) is 0 Å². The third-order valence-electron chi connectivity index (χ3n) is 2.65. The normalized spacial score (nSPS) is 11.6. The van der Waals surface area contributed by atoms with E-state index in [9.17, 15) is 0 Å². The average molecular weight is 238 g/mol. The highest BCUT2D eigenvalue weighted by Gasteiger charge is 2.06. The Bertz CT molecular complexity index is 528. The van der Waals surface area contributed by atoms with E-state index in [0.29, 0.717) is 6.42 Å². The van der Waals surface area contributed by atoms with E-state index in [1.165, 1.54) is 0 Å². The lowest BCUT2D eigenvalue weighted by molar-refractivity contribution is 0.827. The van der Waals surface area contributed by atoms with Gasteiger partial charge in [0.1, 0.15) is 0 Å². The van der Waals surface area contributed by atoms with Crippen molar-refractivity contribution in [3.05, 3.63) is 54.1 Å². The van der Waals surface area contributed by atoms with Crippen molar-refractivity contribution in [2.75, 3.05) is 5.32 Å². The van der Waals surface area contributed by atoms with Crippen LogP contribution < -0.4 is 5.32 Å². The molecule has 0 spiro atoms. The highest BCUT2D eigenvalue weighted by Crippen LogP contribution is 2.17. The Morgan fingerprint density at radius 2 is 2.06 bits per heavy atom. The minimum absolute atomic E-state index is 0.0977. The number of anilines is 1. The molecule has 2 aromatic rings. The summed E-state index contributed by atoms with van der Waals surface area (Å²) < 4.78 is 0. The molecule has 0 saturated heterocycles. The van der Waals surface area contributed by atoms with Gasteiger partial charge in [-0.25, -0.2) is 0 Å². The van der Waals surface area contributed by atoms with Crippen LogP contribution in [-0.2, 0) is 6.42 Å². The summed E-state index contributed by atoms with van der Waals surface area (Å²) in [6, 6.07) is 10.1. The summed E-state index contributed by atoms with van der Waals surface area (Å²) in [7, 11) is 0. The summed E-state index contributed by atoms with van der Waals surface area (Å²) in [5.74, 6) is 0. The molecule has 0 amide bonds. The van der Waals surface area contributed by atoms with Crippen molar-refractivity contribution in [1.82, 2.24) is 9.97 Å². The van der Waals surface area contributed by atoms with Crippen LogP contribution in [0.2, 0.25) is 0 Å². The molecule has 4 heteroatoms. The number of benzene rings is 1. The van der Waals surface area contributed by atoms with Crippen LogP contribution >= 0.6 is 0 Å². The summed E-state index contributed by atoms with van der Waals surface area (Å²) >= 11 is 0. The van der Waals surface area contributed by atoms with Crippen LogP contribution in [0.5, 0.6) is 0 Å². The fourth-order valence-corrected chi connectivity index (χ4v) is 1.67. The SMILES string of the molecule is CC(Nc1ccc(CC#N)cc1)c1cnccn1. The number of nitrogens with one attached hydrogen (secondary N) is 1. The smallest absolute Gasteiger partial charge is 0.0806 e. The van der Waals surface area contributed by atoms with Crippen molar-refractivity contribution in [3.8, 4) is 6.07 Å². The number of hydrogen-bond donors (Lipinski definition) is 1. The summed E-state index contributed by atoms with van der Waals surface area (Å²) in [5.41, 5.74) is 2.93. The van der Waals surface area contributed by atoms with Gasteiger partial charge in [-0.3, -0.25) is 9.97 Å². The topological polar surface area (TPSA) is 61.6 Å². The highest BCUT2D eigenvalue weighted by atomic mass is 14.9. The molecule has 0 aliphatic rings. The molecule has 1 aromatic carbocycles. The molecule has 0 saturated carbocycles. The molecule has 1 unspecified atom stereocenters. The fraction of sp³-hybridized carbons (Fsp3) is 0.214. The first-order chi connectivity index (χ1) is 8.79. The summed E-state index contributed by atoms with van der Waals surface area (Å²) in [5, 5.41) is 11.9. The summed E-state index contributed by atoms with van der Waals surface area (Å²) in [6.45, 7) is 2.03. The second-order valence-electron chi connectivity index (χ2n) is 4.03. The van der Waals surface area contributed by atoms with Gasteiger partial charge >= 0.3 is 0 Å². The Labute approximate surface area is 106 Å². The Hall–Kier alpha value is -2.41. The third kappa shape index (κ3) is 3.05. The zero-order chi connectivity index (χ0) is 12.8. The van der Waals surface area contributed by atoms with Gasteiger partial charge in [0, 0.05) is 18.1 Å². The van der Waals surface area contributed by atoms with Gasteiger partial charge in [-0.2, -0.15) is 5.26 Å². The molecular weight excluding hydrogens is 224 g/mol. The second-order valence-corrected chi connectivity index (χ2v) is 4.03. The standard InChI is InChI=1S/C14H14N4/c1-11(14-10-16-8-9-17-14)18-13-4-2-12(3-5-13)6-7-15/h2-5,8-11,18H,6H2,1H3. The lowest BCUT2D eigenvalue weighted by Gasteiger charge is -2.14. The van der Waals surface area contributed by atoms with E-state index in [2.05, 4.69) is 21.4 Å². The number of aromatic nitrogens is 2. The van der Waals surface area contributed by atoms with Gasteiger partial charge in [0.05, 0.1) is 30.4 Å². The first-order valence-corrected chi connectivity index (χ1v) is 5.78. The molecule has 1 N–H and O–H groups in total. The van der Waals surface area contributed by atoms with E-state index >= 15 is 0 Å². The lowest BCUT2D eigenvalue weighted by atomic mass is 10.1. The van der Waals surface area contributed by atoms with Crippen molar-refractivity contribution < 1.29 is 0 Å². The molecular formula is C14H14N4. The maximum atomic E-state index is 8.60. The molecule has 0 radical (unpaired) electrons. The van der Waals surface area contributed by atoms with E-state index in [4.69, 9.17) is 5.26 Å². The highest BCUT2D eigenvalue weighted by molar-refractivity contribution is 5.46. The number of rotatable bonds is 4. The van der Waals surface area contributed by atoms with Gasteiger partial charge in [0.2, 0.25) is 0 Å². The Kier molecular flexibility index (Phi) is 3.87. The van der Waals surface area contributed by atoms with Gasteiger partial charge in [-0.05, 0) is 24.6 Å². The van der Waals surface area contributed by atoms with Crippen molar-refractivity contribution in [1.29, 1.82) is 5.26 Å². The van der Waals surface area contributed by atoms with E-state index in [0.717, 1.165) is 16.9 Å². The molecule has 1 heterocycles. The number of hydrogen-bond acceptors (Lipinski definition) is 4. The van der Waals surface area contributed by atoms with Gasteiger partial charge < -0.3 is 5.32 Å². The third-order valence-corrected chi connectivity index (χ3v) is 2.65. The minimum atomic E-state index is 0.0977. The molecule has 1 aromatic heterocycles.